The molecule has 1 aromatic heterocycles. The van der Waals surface area contributed by atoms with Crippen LogP contribution in [0, 0.1) is 0 Å². The number of nitrogens with one attached hydrogen (secondary N) is 1. The second kappa shape index (κ2) is 8.14. The van der Waals surface area contributed by atoms with Crippen molar-refractivity contribution in [1.29, 1.82) is 0 Å². The van der Waals surface area contributed by atoms with Gasteiger partial charge >= 0.3 is 6.03 Å². The van der Waals surface area contributed by atoms with E-state index in [2.05, 4.69) is 5.32 Å². The quantitative estimate of drug-likeness (QED) is 0.620. The number of piperidine rings is 1. The number of fused-ring (bicyclic) bond motifs is 1. The van der Waals surface area contributed by atoms with Gasteiger partial charge in [0.15, 0.2) is 0 Å². The average molecular weight is 408 g/mol. The number of aromatic nitrogens is 1. The van der Waals surface area contributed by atoms with Crippen molar-refractivity contribution in [3.8, 4) is 0 Å². The first-order chi connectivity index (χ1) is 14.5. The van der Waals surface area contributed by atoms with Crippen molar-refractivity contribution in [2.75, 3.05) is 19.6 Å². The van der Waals surface area contributed by atoms with Crippen LogP contribution in [-0.4, -0.2) is 57.8 Å². The first-order valence-corrected chi connectivity index (χ1v) is 10.2. The van der Waals surface area contributed by atoms with Crippen LogP contribution in [-0.2, 0) is 20.9 Å². The molecule has 0 radical (unpaired) electrons. The molecule has 2 saturated heterocycles. The van der Waals surface area contributed by atoms with E-state index in [0.29, 0.717) is 5.56 Å². The van der Waals surface area contributed by atoms with Crippen molar-refractivity contribution in [3.63, 3.8) is 0 Å². The van der Waals surface area contributed by atoms with Crippen molar-refractivity contribution < 1.29 is 19.2 Å². The molecule has 2 aliphatic rings. The molecule has 1 N–H and O–H groups in total. The highest BCUT2D eigenvalue weighted by molar-refractivity contribution is 6.31. The minimum Gasteiger partial charge on any atom is -0.341 e. The van der Waals surface area contributed by atoms with Crippen molar-refractivity contribution in [3.05, 3.63) is 41.6 Å². The molecule has 8 heteroatoms. The minimum absolute atomic E-state index is 0.0592. The van der Waals surface area contributed by atoms with Gasteiger partial charge in [0, 0.05) is 42.3 Å². The summed E-state index contributed by atoms with van der Waals surface area (Å²) in [6.45, 7) is 3.60. The molecule has 5 amide bonds. The number of hydrogen-bond acceptors (Lipinski definition) is 4. The normalized spacial score (nSPS) is 19.0. The molecule has 0 bridgehead atoms. The summed E-state index contributed by atoms with van der Waals surface area (Å²) in [6, 6.07) is 6.84. The summed E-state index contributed by atoms with van der Waals surface area (Å²) in [4.78, 5) is 52.4. The summed E-state index contributed by atoms with van der Waals surface area (Å²) in [6.07, 6.45) is 6.49. The van der Waals surface area contributed by atoms with Crippen LogP contribution in [0.25, 0.3) is 17.0 Å². The van der Waals surface area contributed by atoms with E-state index in [1.54, 1.807) is 13.1 Å². The molecule has 0 aliphatic carbocycles. The first kappa shape index (κ1) is 19.9. The number of urea groups is 1. The lowest BCUT2D eigenvalue weighted by Crippen LogP contribution is -2.53. The number of amides is 5. The van der Waals surface area contributed by atoms with Gasteiger partial charge in [-0.05, 0) is 38.3 Å². The van der Waals surface area contributed by atoms with E-state index in [1.807, 2.05) is 33.7 Å². The molecular weight excluding hydrogens is 384 g/mol. The topological polar surface area (TPSA) is 91.7 Å². The van der Waals surface area contributed by atoms with Crippen LogP contribution >= 0.6 is 0 Å². The van der Waals surface area contributed by atoms with Gasteiger partial charge < -0.3 is 9.47 Å². The fraction of sp³-hybridized carbons (Fsp3) is 0.364. The van der Waals surface area contributed by atoms with E-state index in [1.165, 1.54) is 6.08 Å². The molecule has 30 heavy (non-hydrogen) atoms. The van der Waals surface area contributed by atoms with Gasteiger partial charge in [0.05, 0.1) is 0 Å². The third kappa shape index (κ3) is 3.60. The highest BCUT2D eigenvalue weighted by Gasteiger charge is 2.34. The Balaban J connectivity index is 1.69. The number of benzene rings is 1. The Morgan fingerprint density at radius 3 is 2.57 bits per heavy atom. The Hall–Kier alpha value is -3.42. The number of carbonyl (C=O) groups excluding carboxylic acids is 4. The van der Waals surface area contributed by atoms with Crippen LogP contribution in [0.5, 0.6) is 0 Å². The zero-order valence-corrected chi connectivity index (χ0v) is 16.9. The largest absolute Gasteiger partial charge is 0.341 e. The lowest BCUT2D eigenvalue weighted by molar-refractivity contribution is -0.133. The fourth-order valence-electron chi connectivity index (χ4n) is 4.05. The minimum atomic E-state index is -0.712. The maximum absolute atomic E-state index is 12.8. The second-order valence-electron chi connectivity index (χ2n) is 7.54. The Kier molecular flexibility index (Phi) is 5.39. The molecular formula is C22H24N4O4. The van der Waals surface area contributed by atoms with Crippen molar-refractivity contribution >= 4 is 40.7 Å². The number of likely N-dealkylation sites (N-methyl/N-ethyl adjacent to an activating group) is 1. The molecule has 4 rings (SSSR count). The number of imide groups is 2. The van der Waals surface area contributed by atoms with Gasteiger partial charge in [0.2, 0.25) is 5.91 Å². The zero-order valence-electron chi connectivity index (χ0n) is 16.9. The molecule has 0 spiro atoms. The fourth-order valence-corrected chi connectivity index (χ4v) is 4.05. The van der Waals surface area contributed by atoms with Gasteiger partial charge in [0.1, 0.15) is 12.1 Å². The van der Waals surface area contributed by atoms with Crippen LogP contribution in [0.2, 0.25) is 0 Å². The van der Waals surface area contributed by atoms with Crippen LogP contribution in [0.1, 0.15) is 31.7 Å². The third-order valence-electron chi connectivity index (χ3n) is 5.64. The van der Waals surface area contributed by atoms with Crippen LogP contribution in [0.3, 0.4) is 0 Å². The van der Waals surface area contributed by atoms with Crippen molar-refractivity contribution in [2.45, 2.75) is 32.7 Å². The molecule has 1 aromatic carbocycles. The van der Waals surface area contributed by atoms with E-state index in [4.69, 9.17) is 0 Å². The van der Waals surface area contributed by atoms with Crippen molar-refractivity contribution in [1.82, 2.24) is 19.7 Å². The Morgan fingerprint density at radius 1 is 1.10 bits per heavy atom. The lowest BCUT2D eigenvalue weighted by Gasteiger charge is -2.27. The summed E-state index contributed by atoms with van der Waals surface area (Å²) in [5, 5.41) is 3.03. The number of rotatable bonds is 4. The summed E-state index contributed by atoms with van der Waals surface area (Å²) >= 11 is 0. The van der Waals surface area contributed by atoms with Gasteiger partial charge in [-0.1, -0.05) is 18.2 Å². The zero-order chi connectivity index (χ0) is 21.3. The maximum Gasteiger partial charge on any atom is 0.331 e. The smallest absolute Gasteiger partial charge is 0.331 e. The molecule has 8 nitrogen and oxygen atoms in total. The molecule has 0 saturated carbocycles. The van der Waals surface area contributed by atoms with E-state index < -0.39 is 17.8 Å². The van der Waals surface area contributed by atoms with Crippen LogP contribution in [0.4, 0.5) is 4.79 Å². The van der Waals surface area contributed by atoms with Gasteiger partial charge in [-0.15, -0.1) is 0 Å². The monoisotopic (exact) mass is 408 g/mol. The Morgan fingerprint density at radius 2 is 1.83 bits per heavy atom. The highest BCUT2D eigenvalue weighted by Crippen LogP contribution is 2.25. The van der Waals surface area contributed by atoms with E-state index in [0.717, 1.165) is 48.2 Å². The van der Waals surface area contributed by atoms with Crippen molar-refractivity contribution in [2.24, 2.45) is 0 Å². The van der Waals surface area contributed by atoms with Gasteiger partial charge in [-0.3, -0.25) is 24.6 Å². The number of likely N-dealkylation sites (tertiary alicyclic amines) is 1. The van der Waals surface area contributed by atoms with E-state index in [9.17, 15) is 19.2 Å². The lowest BCUT2D eigenvalue weighted by atomic mass is 10.1. The second-order valence-corrected chi connectivity index (χ2v) is 7.54. The third-order valence-corrected chi connectivity index (χ3v) is 5.64. The molecule has 3 heterocycles. The number of hydrogen-bond donors (Lipinski definition) is 1. The molecule has 156 valence electrons. The number of carbonyl (C=O) groups is 4. The standard InChI is InChI=1S/C22H24N4O4/c1-2-26-21(29)17(20(28)23-22(26)30)12-15-13-25(18-9-5-4-8-16(15)18)14-19(27)24-10-6-3-7-11-24/h4-5,8-9,12-13H,2-3,6-7,10-11,14H2,1H3,(H,23,28,30)/b17-12-. The van der Waals surface area contributed by atoms with Gasteiger partial charge in [0.25, 0.3) is 11.8 Å². The maximum atomic E-state index is 12.8. The van der Waals surface area contributed by atoms with E-state index in [-0.39, 0.29) is 24.6 Å². The Labute approximate surface area is 174 Å². The molecule has 0 unspecified atom stereocenters. The van der Waals surface area contributed by atoms with Crippen LogP contribution < -0.4 is 5.32 Å². The van der Waals surface area contributed by atoms with Gasteiger partial charge in [-0.25, -0.2) is 4.79 Å². The highest BCUT2D eigenvalue weighted by atomic mass is 16.2. The Bertz CT molecular complexity index is 1060. The molecule has 2 aromatic rings. The number of para-hydroxylation sites is 1. The summed E-state index contributed by atoms with van der Waals surface area (Å²) in [5.41, 5.74) is 1.41. The summed E-state index contributed by atoms with van der Waals surface area (Å²) < 4.78 is 1.85. The van der Waals surface area contributed by atoms with Crippen LogP contribution in [0.15, 0.2) is 36.0 Å². The summed E-state index contributed by atoms with van der Waals surface area (Å²) in [5.74, 6) is -1.27. The molecule has 2 aliphatic heterocycles. The molecule has 0 atom stereocenters. The predicted octanol–water partition coefficient (Wildman–Crippen LogP) is 2.14. The number of barbiturate groups is 1. The molecule has 2 fully saturated rings. The summed E-state index contributed by atoms with van der Waals surface area (Å²) in [7, 11) is 0. The average Bonchev–Trinajstić information content (AvgIpc) is 3.09. The predicted molar refractivity (Wildman–Crippen MR) is 111 cm³/mol. The van der Waals surface area contributed by atoms with Gasteiger partial charge in [-0.2, -0.15) is 0 Å². The SMILES string of the molecule is CCN1C(=O)NC(=O)/C(=C/c2cn(CC(=O)N3CCCCC3)c3ccccc23)C1=O. The number of nitrogens with zero attached hydrogens (tertiary/aromatic N) is 3. The van der Waals surface area contributed by atoms with E-state index >= 15 is 0 Å². The first-order valence-electron chi connectivity index (χ1n) is 10.2.